The van der Waals surface area contributed by atoms with E-state index in [0.29, 0.717) is 11.7 Å². The minimum atomic E-state index is 0.536. The van der Waals surface area contributed by atoms with Crippen molar-refractivity contribution in [3.05, 3.63) is 47.2 Å². The van der Waals surface area contributed by atoms with Gasteiger partial charge in [0.15, 0.2) is 5.82 Å². The molecule has 136 valence electrons. The summed E-state index contributed by atoms with van der Waals surface area (Å²) < 4.78 is 0. The number of rotatable bonds is 5. The summed E-state index contributed by atoms with van der Waals surface area (Å²) in [5.74, 6) is 8.89. The van der Waals surface area contributed by atoms with Crippen LogP contribution in [0.5, 0.6) is 0 Å². The van der Waals surface area contributed by atoms with Crippen molar-refractivity contribution >= 4 is 11.6 Å². The summed E-state index contributed by atoms with van der Waals surface area (Å²) >= 11 is 5.92. The molecule has 3 rings (SSSR count). The monoisotopic (exact) mass is 366 g/mol. The standard InChI is InChI=1S/C23H27ClN2/c1-2-3-4-5-18-6-8-19(9-7-18)10-11-20-16-25-23(26-17-20)21-12-14-22(24)15-13-21/h12-19H,2-9H2,1H3. The molecular weight excluding hydrogens is 340 g/mol. The third kappa shape index (κ3) is 5.58. The van der Waals surface area contributed by atoms with Crippen LogP contribution in [0.15, 0.2) is 36.7 Å². The first-order valence-electron chi connectivity index (χ1n) is 9.84. The molecule has 0 unspecified atom stereocenters. The first kappa shape index (κ1) is 18.9. The SMILES string of the molecule is CCCCCC1CCC(C#Cc2cnc(-c3ccc(Cl)cc3)nc2)CC1. The van der Waals surface area contributed by atoms with Gasteiger partial charge >= 0.3 is 0 Å². The van der Waals surface area contributed by atoms with Gasteiger partial charge in [-0.3, -0.25) is 0 Å². The summed E-state index contributed by atoms with van der Waals surface area (Å²) in [7, 11) is 0. The Labute approximate surface area is 162 Å². The first-order chi connectivity index (χ1) is 12.7. The molecule has 1 heterocycles. The van der Waals surface area contributed by atoms with E-state index in [4.69, 9.17) is 11.6 Å². The van der Waals surface area contributed by atoms with Gasteiger partial charge in [0.05, 0.1) is 5.56 Å². The number of halogens is 1. The number of hydrogen-bond donors (Lipinski definition) is 0. The molecule has 0 N–H and O–H groups in total. The highest BCUT2D eigenvalue weighted by Crippen LogP contribution is 2.31. The molecule has 1 aromatic carbocycles. The molecule has 2 aromatic rings. The van der Waals surface area contributed by atoms with Crippen molar-refractivity contribution in [3.8, 4) is 23.2 Å². The quantitative estimate of drug-likeness (QED) is 0.443. The van der Waals surface area contributed by atoms with Crippen LogP contribution in [0.3, 0.4) is 0 Å². The zero-order chi connectivity index (χ0) is 18.2. The lowest BCUT2D eigenvalue weighted by Gasteiger charge is -2.25. The second-order valence-corrected chi connectivity index (χ2v) is 7.72. The van der Waals surface area contributed by atoms with Gasteiger partial charge in [0.1, 0.15) is 0 Å². The van der Waals surface area contributed by atoms with Crippen LogP contribution in [0.2, 0.25) is 5.02 Å². The number of unbranched alkanes of at least 4 members (excludes halogenated alkanes) is 2. The predicted molar refractivity (Wildman–Crippen MR) is 109 cm³/mol. The summed E-state index contributed by atoms with van der Waals surface area (Å²) in [4.78, 5) is 8.88. The van der Waals surface area contributed by atoms with E-state index in [1.807, 2.05) is 36.7 Å². The second-order valence-electron chi connectivity index (χ2n) is 7.29. The normalized spacial score (nSPS) is 19.6. The van der Waals surface area contributed by atoms with E-state index in [-0.39, 0.29) is 0 Å². The Morgan fingerprint density at radius 1 is 1.00 bits per heavy atom. The van der Waals surface area contributed by atoms with Crippen LogP contribution in [0.1, 0.15) is 63.9 Å². The minimum Gasteiger partial charge on any atom is -0.235 e. The first-order valence-corrected chi connectivity index (χ1v) is 10.2. The Morgan fingerprint density at radius 3 is 2.35 bits per heavy atom. The second kappa shape index (κ2) is 9.74. The number of benzene rings is 1. The zero-order valence-corrected chi connectivity index (χ0v) is 16.3. The van der Waals surface area contributed by atoms with E-state index in [2.05, 4.69) is 28.7 Å². The minimum absolute atomic E-state index is 0.536. The van der Waals surface area contributed by atoms with Crippen LogP contribution in [0.4, 0.5) is 0 Å². The summed E-state index contributed by atoms with van der Waals surface area (Å²) in [6.45, 7) is 2.28. The predicted octanol–water partition coefficient (Wildman–Crippen LogP) is 6.54. The molecule has 0 atom stereocenters. The highest BCUT2D eigenvalue weighted by atomic mass is 35.5. The third-order valence-corrected chi connectivity index (χ3v) is 5.49. The highest BCUT2D eigenvalue weighted by Gasteiger charge is 2.19. The molecule has 0 bridgehead atoms. The average Bonchev–Trinajstić information content (AvgIpc) is 2.69. The maximum Gasteiger partial charge on any atom is 0.159 e. The fourth-order valence-electron chi connectivity index (χ4n) is 3.60. The summed E-state index contributed by atoms with van der Waals surface area (Å²) in [6.07, 6.45) is 14.3. The Bertz CT molecular complexity index is 733. The number of nitrogens with zero attached hydrogens (tertiary/aromatic N) is 2. The van der Waals surface area contributed by atoms with Crippen molar-refractivity contribution < 1.29 is 0 Å². The van der Waals surface area contributed by atoms with Crippen LogP contribution in [-0.4, -0.2) is 9.97 Å². The topological polar surface area (TPSA) is 25.8 Å². The Hall–Kier alpha value is -1.85. The summed E-state index contributed by atoms with van der Waals surface area (Å²) in [5, 5.41) is 0.719. The molecule has 1 aliphatic carbocycles. The molecule has 0 amide bonds. The van der Waals surface area contributed by atoms with Gasteiger partial charge in [0.25, 0.3) is 0 Å². The molecule has 0 saturated heterocycles. The molecule has 26 heavy (non-hydrogen) atoms. The van der Waals surface area contributed by atoms with Crippen molar-refractivity contribution in [2.45, 2.75) is 58.3 Å². The molecule has 0 aliphatic heterocycles. The van der Waals surface area contributed by atoms with Gasteiger partial charge in [-0.1, -0.05) is 56.0 Å². The van der Waals surface area contributed by atoms with E-state index in [1.54, 1.807) is 0 Å². The van der Waals surface area contributed by atoms with Crippen LogP contribution in [-0.2, 0) is 0 Å². The van der Waals surface area contributed by atoms with Gasteiger partial charge in [-0.2, -0.15) is 0 Å². The average molecular weight is 367 g/mol. The molecule has 1 fully saturated rings. The maximum atomic E-state index is 5.92. The smallest absolute Gasteiger partial charge is 0.159 e. The zero-order valence-electron chi connectivity index (χ0n) is 15.5. The van der Waals surface area contributed by atoms with Crippen molar-refractivity contribution in [2.24, 2.45) is 11.8 Å². The van der Waals surface area contributed by atoms with Crippen molar-refractivity contribution in [1.29, 1.82) is 0 Å². The van der Waals surface area contributed by atoms with Crippen molar-refractivity contribution in [2.75, 3.05) is 0 Å². The molecule has 1 aliphatic rings. The Kier molecular flexibility index (Phi) is 7.09. The molecule has 0 spiro atoms. The van der Waals surface area contributed by atoms with Gasteiger partial charge < -0.3 is 0 Å². The summed E-state index contributed by atoms with van der Waals surface area (Å²) in [5.41, 5.74) is 1.86. The van der Waals surface area contributed by atoms with Crippen LogP contribution < -0.4 is 0 Å². The molecule has 2 nitrogen and oxygen atoms in total. The van der Waals surface area contributed by atoms with Crippen molar-refractivity contribution in [3.63, 3.8) is 0 Å². The molecule has 3 heteroatoms. The van der Waals surface area contributed by atoms with E-state index in [9.17, 15) is 0 Å². The van der Waals surface area contributed by atoms with Crippen LogP contribution in [0.25, 0.3) is 11.4 Å². The van der Waals surface area contributed by atoms with Gasteiger partial charge in [0, 0.05) is 28.9 Å². The van der Waals surface area contributed by atoms with Gasteiger partial charge in [-0.15, -0.1) is 0 Å². The van der Waals surface area contributed by atoms with E-state index >= 15 is 0 Å². The fraction of sp³-hybridized carbons (Fsp3) is 0.478. The Balaban J connectivity index is 1.52. The van der Waals surface area contributed by atoms with E-state index in [1.165, 1.54) is 51.4 Å². The van der Waals surface area contributed by atoms with E-state index in [0.717, 1.165) is 22.1 Å². The van der Waals surface area contributed by atoms with Crippen LogP contribution in [0, 0.1) is 23.7 Å². The molecule has 1 aromatic heterocycles. The number of hydrogen-bond acceptors (Lipinski definition) is 2. The van der Waals surface area contributed by atoms with E-state index < -0.39 is 0 Å². The largest absolute Gasteiger partial charge is 0.235 e. The fourth-order valence-corrected chi connectivity index (χ4v) is 3.73. The summed E-state index contributed by atoms with van der Waals surface area (Å²) in [6, 6.07) is 7.57. The van der Waals surface area contributed by atoms with Gasteiger partial charge in [-0.25, -0.2) is 9.97 Å². The number of aromatic nitrogens is 2. The lowest BCUT2D eigenvalue weighted by atomic mass is 9.80. The third-order valence-electron chi connectivity index (χ3n) is 5.24. The van der Waals surface area contributed by atoms with Crippen LogP contribution >= 0.6 is 11.6 Å². The highest BCUT2D eigenvalue weighted by molar-refractivity contribution is 6.30. The molecule has 1 saturated carbocycles. The Morgan fingerprint density at radius 2 is 1.69 bits per heavy atom. The maximum absolute atomic E-state index is 5.92. The molecular formula is C23H27ClN2. The molecule has 0 radical (unpaired) electrons. The van der Waals surface area contributed by atoms with Crippen molar-refractivity contribution in [1.82, 2.24) is 9.97 Å². The lowest BCUT2D eigenvalue weighted by molar-refractivity contribution is 0.294. The van der Waals surface area contributed by atoms with Gasteiger partial charge in [-0.05, 0) is 55.9 Å². The van der Waals surface area contributed by atoms with Gasteiger partial charge in [0.2, 0.25) is 0 Å². The lowest BCUT2D eigenvalue weighted by Crippen LogP contribution is -2.13.